The summed E-state index contributed by atoms with van der Waals surface area (Å²) in [6, 6.07) is 0. The lowest BCUT2D eigenvalue weighted by atomic mass is 10.3. The van der Waals surface area contributed by atoms with Crippen LogP contribution in [0.3, 0.4) is 0 Å². The first-order valence-corrected chi connectivity index (χ1v) is 6.68. The van der Waals surface area contributed by atoms with Crippen molar-refractivity contribution in [3.8, 4) is 5.88 Å². The van der Waals surface area contributed by atoms with Crippen molar-refractivity contribution in [3.05, 3.63) is 11.9 Å². The largest absolute Gasteiger partial charge is 0.481 e. The summed E-state index contributed by atoms with van der Waals surface area (Å²) in [5.41, 5.74) is 0.839. The normalized spacial score (nSPS) is 15.1. The number of anilines is 1. The molecule has 1 N–H and O–H groups in total. The molecule has 0 spiro atoms. The van der Waals surface area contributed by atoms with Crippen LogP contribution in [-0.2, 0) is 4.79 Å². The van der Waals surface area contributed by atoms with Crippen molar-refractivity contribution in [1.82, 2.24) is 20.2 Å². The lowest BCUT2D eigenvalue weighted by Gasteiger charge is -2.29. The third-order valence-electron chi connectivity index (χ3n) is 3.41. The monoisotopic (exact) mass is 279 g/mol. The number of rotatable bonds is 4. The molecule has 1 aromatic heterocycles. The molecule has 110 valence electrons. The van der Waals surface area contributed by atoms with Crippen molar-refractivity contribution in [2.24, 2.45) is 0 Å². The van der Waals surface area contributed by atoms with Gasteiger partial charge in [-0.15, -0.1) is 0 Å². The summed E-state index contributed by atoms with van der Waals surface area (Å²) < 4.78 is 5.18. The number of likely N-dealkylation sites (N-methyl/N-ethyl adjacent to an activating group) is 1. The van der Waals surface area contributed by atoms with E-state index >= 15 is 0 Å². The SMILES string of the molecule is COc1ncnc(N(C)CC(=O)N2CCNCC2)c1C. The van der Waals surface area contributed by atoms with Crippen molar-refractivity contribution >= 4 is 11.7 Å². The average Bonchev–Trinajstić information content (AvgIpc) is 2.48. The molecule has 0 bridgehead atoms. The van der Waals surface area contributed by atoms with E-state index in [4.69, 9.17) is 4.74 Å². The van der Waals surface area contributed by atoms with Gasteiger partial charge >= 0.3 is 0 Å². The number of nitrogens with zero attached hydrogens (tertiary/aromatic N) is 4. The maximum absolute atomic E-state index is 12.2. The lowest BCUT2D eigenvalue weighted by Crippen LogP contribution is -2.49. The zero-order valence-electron chi connectivity index (χ0n) is 12.2. The Morgan fingerprint density at radius 1 is 1.45 bits per heavy atom. The van der Waals surface area contributed by atoms with Crippen LogP contribution in [0.5, 0.6) is 5.88 Å². The molecule has 0 unspecified atom stereocenters. The molecule has 7 heteroatoms. The van der Waals surface area contributed by atoms with Gasteiger partial charge in [-0.2, -0.15) is 0 Å². The minimum Gasteiger partial charge on any atom is -0.481 e. The second-order valence-electron chi connectivity index (χ2n) is 4.82. The Kier molecular flexibility index (Phi) is 4.73. The fraction of sp³-hybridized carbons (Fsp3) is 0.615. The number of carbonyl (C=O) groups excluding carboxylic acids is 1. The number of carbonyl (C=O) groups is 1. The van der Waals surface area contributed by atoms with Crippen LogP contribution in [-0.4, -0.2) is 67.7 Å². The van der Waals surface area contributed by atoms with Gasteiger partial charge in [0, 0.05) is 33.2 Å². The Bertz CT molecular complexity index is 474. The zero-order valence-corrected chi connectivity index (χ0v) is 12.2. The number of hydrogen-bond donors (Lipinski definition) is 1. The predicted molar refractivity (Wildman–Crippen MR) is 76.0 cm³/mol. The van der Waals surface area contributed by atoms with Gasteiger partial charge < -0.3 is 19.9 Å². The van der Waals surface area contributed by atoms with Crippen LogP contribution in [0, 0.1) is 6.92 Å². The van der Waals surface area contributed by atoms with Gasteiger partial charge in [0.15, 0.2) is 0 Å². The molecule has 1 fully saturated rings. The molecule has 0 radical (unpaired) electrons. The highest BCUT2D eigenvalue weighted by molar-refractivity contribution is 5.81. The van der Waals surface area contributed by atoms with Gasteiger partial charge in [-0.25, -0.2) is 9.97 Å². The molecule has 1 saturated heterocycles. The fourth-order valence-electron chi connectivity index (χ4n) is 2.31. The first-order valence-electron chi connectivity index (χ1n) is 6.68. The summed E-state index contributed by atoms with van der Waals surface area (Å²) in [5.74, 6) is 1.38. The number of amides is 1. The molecule has 7 nitrogen and oxygen atoms in total. The van der Waals surface area contributed by atoms with E-state index in [1.54, 1.807) is 7.11 Å². The summed E-state index contributed by atoms with van der Waals surface area (Å²) in [4.78, 5) is 24.2. The highest BCUT2D eigenvalue weighted by Crippen LogP contribution is 2.22. The van der Waals surface area contributed by atoms with E-state index in [9.17, 15) is 4.79 Å². The molecule has 0 aliphatic carbocycles. The Labute approximate surface area is 118 Å². The third kappa shape index (κ3) is 3.16. The molecule has 2 rings (SSSR count). The van der Waals surface area contributed by atoms with Crippen molar-refractivity contribution in [3.63, 3.8) is 0 Å². The molecule has 1 aliphatic heterocycles. The highest BCUT2D eigenvalue weighted by atomic mass is 16.5. The van der Waals surface area contributed by atoms with Crippen molar-refractivity contribution in [2.45, 2.75) is 6.92 Å². The van der Waals surface area contributed by atoms with Crippen molar-refractivity contribution in [2.75, 3.05) is 51.8 Å². The third-order valence-corrected chi connectivity index (χ3v) is 3.41. The topological polar surface area (TPSA) is 70.6 Å². The second-order valence-corrected chi connectivity index (χ2v) is 4.82. The molecule has 20 heavy (non-hydrogen) atoms. The molecular weight excluding hydrogens is 258 g/mol. The number of ether oxygens (including phenoxy) is 1. The van der Waals surface area contributed by atoms with Gasteiger partial charge in [0.05, 0.1) is 19.2 Å². The predicted octanol–water partition coefficient (Wildman–Crippen LogP) is -0.338. The maximum atomic E-state index is 12.2. The number of piperazine rings is 1. The first-order chi connectivity index (χ1) is 9.63. The van der Waals surface area contributed by atoms with Crippen LogP contribution in [0.25, 0.3) is 0 Å². The number of nitrogens with one attached hydrogen (secondary N) is 1. The van der Waals surface area contributed by atoms with Crippen LogP contribution in [0.2, 0.25) is 0 Å². The van der Waals surface area contributed by atoms with Crippen LogP contribution < -0.4 is 15.0 Å². The van der Waals surface area contributed by atoms with E-state index in [0.717, 1.165) is 37.6 Å². The number of aromatic nitrogens is 2. The number of hydrogen-bond acceptors (Lipinski definition) is 6. The first kappa shape index (κ1) is 14.5. The summed E-state index contributed by atoms with van der Waals surface area (Å²) in [6.45, 7) is 5.43. The Hall–Kier alpha value is -1.89. The van der Waals surface area contributed by atoms with Crippen molar-refractivity contribution in [1.29, 1.82) is 0 Å². The van der Waals surface area contributed by atoms with E-state index in [1.807, 2.05) is 23.8 Å². The maximum Gasteiger partial charge on any atom is 0.242 e. The van der Waals surface area contributed by atoms with Gasteiger partial charge in [-0.1, -0.05) is 0 Å². The molecule has 0 saturated carbocycles. The Balaban J connectivity index is 2.04. The highest BCUT2D eigenvalue weighted by Gasteiger charge is 2.19. The van der Waals surface area contributed by atoms with Crippen LogP contribution >= 0.6 is 0 Å². The van der Waals surface area contributed by atoms with Gasteiger partial charge in [0.1, 0.15) is 12.1 Å². The summed E-state index contributed by atoms with van der Waals surface area (Å²) in [5, 5.41) is 3.23. The Morgan fingerprint density at radius 3 is 2.80 bits per heavy atom. The van der Waals surface area contributed by atoms with Gasteiger partial charge in [-0.3, -0.25) is 4.79 Å². The fourth-order valence-corrected chi connectivity index (χ4v) is 2.31. The lowest BCUT2D eigenvalue weighted by molar-refractivity contribution is -0.130. The molecule has 0 aromatic carbocycles. The average molecular weight is 279 g/mol. The van der Waals surface area contributed by atoms with E-state index in [-0.39, 0.29) is 5.91 Å². The smallest absolute Gasteiger partial charge is 0.242 e. The molecule has 1 amide bonds. The van der Waals surface area contributed by atoms with E-state index in [1.165, 1.54) is 6.33 Å². The quantitative estimate of drug-likeness (QED) is 0.813. The van der Waals surface area contributed by atoms with Crippen LogP contribution in [0.4, 0.5) is 5.82 Å². The molecule has 2 heterocycles. The molecule has 1 aromatic rings. The van der Waals surface area contributed by atoms with E-state index < -0.39 is 0 Å². The number of methoxy groups -OCH3 is 1. The summed E-state index contributed by atoms with van der Waals surface area (Å²) in [7, 11) is 3.43. The van der Waals surface area contributed by atoms with E-state index in [2.05, 4.69) is 15.3 Å². The Morgan fingerprint density at radius 2 is 2.15 bits per heavy atom. The minimum atomic E-state index is 0.117. The standard InChI is InChI=1S/C13H21N5O2/c1-10-12(15-9-16-13(10)20-3)17(2)8-11(19)18-6-4-14-5-7-18/h9,14H,4-8H2,1-3H3. The zero-order chi connectivity index (χ0) is 14.5. The second kappa shape index (κ2) is 6.51. The van der Waals surface area contributed by atoms with Gasteiger partial charge in [-0.05, 0) is 6.92 Å². The van der Waals surface area contributed by atoms with Gasteiger partial charge in [0.2, 0.25) is 11.8 Å². The van der Waals surface area contributed by atoms with Crippen LogP contribution in [0.1, 0.15) is 5.56 Å². The van der Waals surface area contributed by atoms with Gasteiger partial charge in [0.25, 0.3) is 0 Å². The molecule has 0 atom stereocenters. The molecule has 1 aliphatic rings. The summed E-state index contributed by atoms with van der Waals surface area (Å²) in [6.07, 6.45) is 1.45. The van der Waals surface area contributed by atoms with Crippen LogP contribution in [0.15, 0.2) is 6.33 Å². The summed E-state index contributed by atoms with van der Waals surface area (Å²) >= 11 is 0. The molecular formula is C13H21N5O2. The van der Waals surface area contributed by atoms with Crippen molar-refractivity contribution < 1.29 is 9.53 Å². The minimum absolute atomic E-state index is 0.117. The van der Waals surface area contributed by atoms with E-state index in [0.29, 0.717) is 12.4 Å².